The number of benzene rings is 1. The van der Waals surface area contributed by atoms with Crippen molar-refractivity contribution in [1.82, 2.24) is 5.32 Å². The average Bonchev–Trinajstić information content (AvgIpc) is 2.39. The van der Waals surface area contributed by atoms with Crippen molar-refractivity contribution in [3.63, 3.8) is 0 Å². The van der Waals surface area contributed by atoms with Crippen LogP contribution >= 0.6 is 0 Å². The third kappa shape index (κ3) is 4.23. The molecule has 1 unspecified atom stereocenters. The molecule has 0 aliphatic heterocycles. The van der Waals surface area contributed by atoms with Crippen LogP contribution in [0, 0.1) is 12.3 Å². The molecule has 0 heterocycles. The Hall–Kier alpha value is -1.79. The molecule has 0 aromatic heterocycles. The van der Waals surface area contributed by atoms with Gasteiger partial charge in [-0.25, -0.2) is 0 Å². The monoisotopic (exact) mass is 244 g/mol. The molecule has 1 atom stereocenters. The molecular weight excluding hydrogens is 224 g/mol. The number of carbonyl (C=O) groups excluding carboxylic acids is 1. The summed E-state index contributed by atoms with van der Waals surface area (Å²) in [6.07, 6.45) is 7.49. The average molecular weight is 244 g/mol. The molecule has 1 rings (SSSR count). The van der Waals surface area contributed by atoms with E-state index in [1.54, 1.807) is 0 Å². The van der Waals surface area contributed by atoms with Gasteiger partial charge in [-0.3, -0.25) is 4.79 Å². The van der Waals surface area contributed by atoms with Gasteiger partial charge in [-0.2, -0.15) is 0 Å². The Balaban J connectivity index is 2.63. The summed E-state index contributed by atoms with van der Waals surface area (Å²) < 4.78 is 0. The summed E-state index contributed by atoms with van der Waals surface area (Å²) in [4.78, 5) is 12.0. The van der Waals surface area contributed by atoms with Gasteiger partial charge in [0.05, 0.1) is 0 Å². The van der Waals surface area contributed by atoms with Crippen LogP contribution in [0.3, 0.4) is 0 Å². The zero-order chi connectivity index (χ0) is 13.4. The minimum Gasteiger partial charge on any atom is -0.348 e. The van der Waals surface area contributed by atoms with Crippen molar-refractivity contribution in [2.45, 2.75) is 32.2 Å². The summed E-state index contributed by atoms with van der Waals surface area (Å²) in [7, 11) is 0. The predicted molar refractivity (Wildman–Crippen MR) is 74.2 cm³/mol. The third-order valence-electron chi connectivity index (χ3n) is 2.84. The number of nitrogens with two attached hydrogens (primary N) is 1. The fourth-order valence-corrected chi connectivity index (χ4v) is 1.70. The van der Waals surface area contributed by atoms with Crippen molar-refractivity contribution in [3.05, 3.63) is 35.4 Å². The number of terminal acetylenes is 1. The Kier molecular flexibility index (Phi) is 5.96. The largest absolute Gasteiger partial charge is 0.348 e. The second-order valence-electron chi connectivity index (χ2n) is 4.22. The van der Waals surface area contributed by atoms with Gasteiger partial charge in [0.1, 0.15) is 0 Å². The summed E-state index contributed by atoms with van der Waals surface area (Å²) in [5, 5.41) is 2.93. The normalized spacial score (nSPS) is 11.6. The van der Waals surface area contributed by atoms with Crippen LogP contribution < -0.4 is 11.1 Å². The van der Waals surface area contributed by atoms with Crippen molar-refractivity contribution in [2.75, 3.05) is 6.54 Å². The van der Waals surface area contributed by atoms with Crippen LogP contribution in [0.2, 0.25) is 0 Å². The number of rotatable bonds is 6. The van der Waals surface area contributed by atoms with E-state index in [4.69, 9.17) is 12.2 Å². The molecule has 0 spiro atoms. The van der Waals surface area contributed by atoms with E-state index in [0.717, 1.165) is 18.4 Å². The zero-order valence-corrected chi connectivity index (χ0v) is 10.8. The van der Waals surface area contributed by atoms with Crippen molar-refractivity contribution < 1.29 is 4.79 Å². The highest BCUT2D eigenvalue weighted by Gasteiger charge is 2.10. The lowest BCUT2D eigenvalue weighted by Crippen LogP contribution is -2.34. The van der Waals surface area contributed by atoms with Gasteiger partial charge >= 0.3 is 0 Å². The Morgan fingerprint density at radius 1 is 1.44 bits per heavy atom. The molecule has 0 bridgehead atoms. The quantitative estimate of drug-likeness (QED) is 0.749. The summed E-state index contributed by atoms with van der Waals surface area (Å²) >= 11 is 0. The smallest absolute Gasteiger partial charge is 0.251 e. The zero-order valence-electron chi connectivity index (χ0n) is 10.8. The number of amides is 1. The Morgan fingerprint density at radius 2 is 2.11 bits per heavy atom. The second kappa shape index (κ2) is 7.52. The van der Waals surface area contributed by atoms with Gasteiger partial charge in [0.25, 0.3) is 5.91 Å². The van der Waals surface area contributed by atoms with E-state index in [-0.39, 0.29) is 11.9 Å². The van der Waals surface area contributed by atoms with E-state index in [2.05, 4.69) is 11.2 Å². The molecule has 96 valence electrons. The SMILES string of the molecule is C#CCC(CC)NC(=O)c1ccc(CCN)cc1. The Morgan fingerprint density at radius 3 is 2.61 bits per heavy atom. The molecule has 3 heteroatoms. The summed E-state index contributed by atoms with van der Waals surface area (Å²) in [6.45, 7) is 2.62. The highest BCUT2D eigenvalue weighted by molar-refractivity contribution is 5.94. The van der Waals surface area contributed by atoms with Crippen LogP contribution in [-0.2, 0) is 6.42 Å². The second-order valence-corrected chi connectivity index (χ2v) is 4.22. The molecular formula is C15H20N2O. The lowest BCUT2D eigenvalue weighted by molar-refractivity contribution is 0.0936. The number of hydrogen-bond donors (Lipinski definition) is 2. The number of hydrogen-bond acceptors (Lipinski definition) is 2. The van der Waals surface area contributed by atoms with Gasteiger partial charge in [-0.1, -0.05) is 19.1 Å². The minimum absolute atomic E-state index is 0.0474. The maximum atomic E-state index is 12.0. The van der Waals surface area contributed by atoms with E-state index >= 15 is 0 Å². The maximum Gasteiger partial charge on any atom is 0.251 e. The van der Waals surface area contributed by atoms with Gasteiger partial charge < -0.3 is 11.1 Å². The first-order chi connectivity index (χ1) is 8.71. The molecule has 0 fully saturated rings. The summed E-state index contributed by atoms with van der Waals surface area (Å²) in [5.74, 6) is 2.50. The standard InChI is InChI=1S/C15H20N2O/c1-3-5-14(4-2)17-15(18)13-8-6-12(7-9-13)10-11-16/h1,6-9,14H,4-5,10-11,16H2,2H3,(H,17,18). The molecule has 3 nitrogen and oxygen atoms in total. The third-order valence-corrected chi connectivity index (χ3v) is 2.84. The molecule has 1 aromatic carbocycles. The topological polar surface area (TPSA) is 55.1 Å². The molecule has 0 aliphatic carbocycles. The fraction of sp³-hybridized carbons (Fsp3) is 0.400. The summed E-state index contributed by atoms with van der Waals surface area (Å²) in [6, 6.07) is 7.56. The van der Waals surface area contributed by atoms with Crippen LogP contribution in [-0.4, -0.2) is 18.5 Å². The highest BCUT2D eigenvalue weighted by atomic mass is 16.1. The van der Waals surface area contributed by atoms with Gasteiger partial charge in [0, 0.05) is 18.0 Å². The lowest BCUT2D eigenvalue weighted by Gasteiger charge is -2.14. The molecule has 18 heavy (non-hydrogen) atoms. The molecule has 1 aromatic rings. The van der Waals surface area contributed by atoms with Crippen molar-refractivity contribution in [1.29, 1.82) is 0 Å². The fourth-order valence-electron chi connectivity index (χ4n) is 1.70. The van der Waals surface area contributed by atoms with E-state index in [1.165, 1.54) is 0 Å². The first-order valence-corrected chi connectivity index (χ1v) is 6.24. The van der Waals surface area contributed by atoms with Crippen molar-refractivity contribution in [2.24, 2.45) is 5.73 Å². The lowest BCUT2D eigenvalue weighted by atomic mass is 10.1. The maximum absolute atomic E-state index is 12.0. The number of carbonyl (C=O) groups is 1. The van der Waals surface area contributed by atoms with E-state index < -0.39 is 0 Å². The molecule has 3 N–H and O–H groups in total. The summed E-state index contributed by atoms with van der Waals surface area (Å²) in [5.41, 5.74) is 7.28. The number of nitrogens with one attached hydrogen (secondary N) is 1. The minimum atomic E-state index is -0.0728. The predicted octanol–water partition coefficient (Wildman–Crippen LogP) is 1.72. The Labute approximate surface area is 109 Å². The van der Waals surface area contributed by atoms with Crippen molar-refractivity contribution >= 4 is 5.91 Å². The molecule has 1 amide bonds. The highest BCUT2D eigenvalue weighted by Crippen LogP contribution is 2.06. The van der Waals surface area contributed by atoms with Crippen LogP contribution in [0.1, 0.15) is 35.7 Å². The molecule has 0 radical (unpaired) electrons. The van der Waals surface area contributed by atoms with Crippen LogP contribution in [0.5, 0.6) is 0 Å². The first kappa shape index (κ1) is 14.3. The van der Waals surface area contributed by atoms with Crippen LogP contribution in [0.25, 0.3) is 0 Å². The van der Waals surface area contributed by atoms with E-state index in [1.807, 2.05) is 31.2 Å². The van der Waals surface area contributed by atoms with Gasteiger partial charge in [0.15, 0.2) is 0 Å². The van der Waals surface area contributed by atoms with E-state index in [0.29, 0.717) is 18.5 Å². The molecule has 0 aliphatic rings. The van der Waals surface area contributed by atoms with Crippen molar-refractivity contribution in [3.8, 4) is 12.3 Å². The first-order valence-electron chi connectivity index (χ1n) is 6.24. The van der Waals surface area contributed by atoms with Crippen LogP contribution in [0.4, 0.5) is 0 Å². The Bertz CT molecular complexity index is 417. The molecule has 0 saturated carbocycles. The van der Waals surface area contributed by atoms with Gasteiger partial charge in [0.2, 0.25) is 0 Å². The molecule has 0 saturated heterocycles. The van der Waals surface area contributed by atoms with Gasteiger partial charge in [-0.15, -0.1) is 12.3 Å². The van der Waals surface area contributed by atoms with Crippen LogP contribution in [0.15, 0.2) is 24.3 Å². The van der Waals surface area contributed by atoms with Gasteiger partial charge in [-0.05, 0) is 37.1 Å². The van der Waals surface area contributed by atoms with E-state index in [9.17, 15) is 4.79 Å².